The molecule has 1 aliphatic rings. The number of hydrogen-bond acceptors (Lipinski definition) is 6. The number of fused-ring (bicyclic) bond motifs is 1. The molecule has 2 aromatic rings. The van der Waals surface area contributed by atoms with Crippen LogP contribution in [0.4, 0.5) is 11.4 Å². The second-order valence-corrected chi connectivity index (χ2v) is 7.34. The van der Waals surface area contributed by atoms with E-state index in [-0.39, 0.29) is 16.6 Å². The second kappa shape index (κ2) is 6.34. The molecule has 0 bridgehead atoms. The van der Waals surface area contributed by atoms with Gasteiger partial charge < -0.3 is 10.1 Å². The van der Waals surface area contributed by atoms with E-state index in [4.69, 9.17) is 9.88 Å². The summed E-state index contributed by atoms with van der Waals surface area (Å²) >= 11 is 0. The number of sulfonamides is 1. The first-order chi connectivity index (χ1) is 11.8. The van der Waals surface area contributed by atoms with Crippen molar-refractivity contribution in [1.82, 2.24) is 0 Å². The fourth-order valence-corrected chi connectivity index (χ4v) is 3.68. The molecule has 25 heavy (non-hydrogen) atoms. The van der Waals surface area contributed by atoms with E-state index in [1.54, 1.807) is 7.11 Å². The number of benzene rings is 2. The van der Waals surface area contributed by atoms with E-state index >= 15 is 0 Å². The molecule has 0 saturated carbocycles. The van der Waals surface area contributed by atoms with Gasteiger partial charge in [0.1, 0.15) is 5.75 Å². The molecule has 0 saturated heterocycles. The average Bonchev–Trinajstić information content (AvgIpc) is 2.96. The Balaban J connectivity index is 1.98. The summed E-state index contributed by atoms with van der Waals surface area (Å²) in [6.45, 7) is 0. The lowest BCUT2D eigenvalue weighted by molar-refractivity contribution is -0.385. The van der Waals surface area contributed by atoms with Crippen molar-refractivity contribution in [2.75, 3.05) is 12.4 Å². The van der Waals surface area contributed by atoms with E-state index in [2.05, 4.69) is 5.32 Å². The Morgan fingerprint density at radius 2 is 2.08 bits per heavy atom. The molecule has 0 aliphatic heterocycles. The third-order valence-corrected chi connectivity index (χ3v) is 5.11. The SMILES string of the molecule is COc1cccc2c1CCC2Nc1cc([N+](=O)[O-])cc(S(N)(=O)=O)c1. The predicted molar refractivity (Wildman–Crippen MR) is 92.1 cm³/mol. The second-order valence-electron chi connectivity index (χ2n) is 5.78. The van der Waals surface area contributed by atoms with E-state index in [0.29, 0.717) is 5.69 Å². The van der Waals surface area contributed by atoms with Gasteiger partial charge in [-0.2, -0.15) is 0 Å². The van der Waals surface area contributed by atoms with Crippen molar-refractivity contribution in [2.24, 2.45) is 5.14 Å². The van der Waals surface area contributed by atoms with Crippen molar-refractivity contribution < 1.29 is 18.1 Å². The van der Waals surface area contributed by atoms with Gasteiger partial charge in [0, 0.05) is 17.8 Å². The maximum absolute atomic E-state index is 11.6. The summed E-state index contributed by atoms with van der Waals surface area (Å²) in [6.07, 6.45) is 1.57. The standard InChI is InChI=1S/C16H17N3O5S/c1-24-16-4-2-3-13-14(16)5-6-15(13)18-10-7-11(19(20)21)9-12(8-10)25(17,22)23/h2-4,7-9,15,18H,5-6H2,1H3,(H2,17,22,23). The number of nitrogens with one attached hydrogen (secondary N) is 1. The largest absolute Gasteiger partial charge is 0.496 e. The van der Waals surface area contributed by atoms with E-state index in [9.17, 15) is 18.5 Å². The fourth-order valence-electron chi connectivity index (χ4n) is 3.10. The molecule has 8 nitrogen and oxygen atoms in total. The first-order valence-electron chi connectivity index (χ1n) is 7.54. The molecule has 1 atom stereocenters. The highest BCUT2D eigenvalue weighted by Crippen LogP contribution is 2.39. The smallest absolute Gasteiger partial charge is 0.272 e. The minimum Gasteiger partial charge on any atom is -0.496 e. The summed E-state index contributed by atoms with van der Waals surface area (Å²) < 4.78 is 28.5. The van der Waals surface area contributed by atoms with E-state index in [0.717, 1.165) is 35.8 Å². The molecule has 0 radical (unpaired) electrons. The third kappa shape index (κ3) is 3.42. The Kier molecular flexibility index (Phi) is 4.36. The van der Waals surface area contributed by atoms with Gasteiger partial charge in [-0.1, -0.05) is 12.1 Å². The Hall–Kier alpha value is -2.65. The zero-order chi connectivity index (χ0) is 18.2. The molecule has 2 aromatic carbocycles. The highest BCUT2D eigenvalue weighted by molar-refractivity contribution is 7.89. The number of nitro groups is 1. The number of methoxy groups -OCH3 is 1. The molecule has 9 heteroatoms. The lowest BCUT2D eigenvalue weighted by Crippen LogP contribution is -2.14. The van der Waals surface area contributed by atoms with Gasteiger partial charge in [-0.05, 0) is 36.1 Å². The lowest BCUT2D eigenvalue weighted by Gasteiger charge is -2.16. The van der Waals surface area contributed by atoms with Crippen LogP contribution in [-0.2, 0) is 16.4 Å². The molecule has 132 valence electrons. The molecular weight excluding hydrogens is 346 g/mol. The van der Waals surface area contributed by atoms with Crippen LogP contribution in [0.15, 0.2) is 41.3 Å². The zero-order valence-corrected chi connectivity index (χ0v) is 14.2. The number of ether oxygens (including phenoxy) is 1. The van der Waals surface area contributed by atoms with E-state index in [1.807, 2.05) is 18.2 Å². The van der Waals surface area contributed by atoms with Crippen LogP contribution in [0.1, 0.15) is 23.6 Å². The van der Waals surface area contributed by atoms with Gasteiger partial charge in [0.05, 0.1) is 23.0 Å². The van der Waals surface area contributed by atoms with Crippen LogP contribution in [0.3, 0.4) is 0 Å². The molecule has 0 amide bonds. The molecule has 3 N–H and O–H groups in total. The molecule has 1 aliphatic carbocycles. The highest BCUT2D eigenvalue weighted by Gasteiger charge is 2.26. The van der Waals surface area contributed by atoms with Gasteiger partial charge in [0.25, 0.3) is 5.69 Å². The van der Waals surface area contributed by atoms with Gasteiger partial charge in [-0.25, -0.2) is 13.6 Å². The fraction of sp³-hybridized carbons (Fsp3) is 0.250. The van der Waals surface area contributed by atoms with Crippen LogP contribution < -0.4 is 15.2 Å². The molecular formula is C16H17N3O5S. The van der Waals surface area contributed by atoms with Crippen molar-refractivity contribution in [3.05, 3.63) is 57.6 Å². The van der Waals surface area contributed by atoms with Crippen LogP contribution in [-0.4, -0.2) is 20.5 Å². The number of non-ortho nitro benzene ring substituents is 1. The van der Waals surface area contributed by atoms with Crippen molar-refractivity contribution in [2.45, 2.75) is 23.8 Å². The van der Waals surface area contributed by atoms with Gasteiger partial charge in [0.15, 0.2) is 0 Å². The Bertz CT molecular complexity index is 943. The van der Waals surface area contributed by atoms with Crippen LogP contribution in [0, 0.1) is 10.1 Å². The molecule has 0 fully saturated rings. The topological polar surface area (TPSA) is 125 Å². The number of hydrogen-bond donors (Lipinski definition) is 2. The van der Waals surface area contributed by atoms with Crippen LogP contribution >= 0.6 is 0 Å². The number of anilines is 1. The number of rotatable bonds is 5. The quantitative estimate of drug-likeness (QED) is 0.620. The minimum absolute atomic E-state index is 0.0968. The summed E-state index contributed by atoms with van der Waals surface area (Å²) in [7, 11) is -2.44. The summed E-state index contributed by atoms with van der Waals surface area (Å²) in [5, 5.41) is 19.4. The zero-order valence-electron chi connectivity index (χ0n) is 13.4. The van der Waals surface area contributed by atoms with Crippen molar-refractivity contribution in [1.29, 1.82) is 0 Å². The molecule has 0 heterocycles. The molecule has 3 rings (SSSR count). The number of primary sulfonamides is 1. The van der Waals surface area contributed by atoms with Gasteiger partial charge >= 0.3 is 0 Å². The monoisotopic (exact) mass is 363 g/mol. The Morgan fingerprint density at radius 1 is 1.32 bits per heavy atom. The summed E-state index contributed by atoms with van der Waals surface area (Å²) in [6, 6.07) is 9.18. The Labute approximate surface area is 144 Å². The highest BCUT2D eigenvalue weighted by atomic mass is 32.2. The number of nitrogens with two attached hydrogens (primary N) is 1. The first kappa shape index (κ1) is 17.2. The summed E-state index contributed by atoms with van der Waals surface area (Å²) in [5.74, 6) is 0.797. The average molecular weight is 363 g/mol. The van der Waals surface area contributed by atoms with E-state index in [1.165, 1.54) is 12.1 Å². The number of nitro benzene ring substituents is 1. The molecule has 1 unspecified atom stereocenters. The summed E-state index contributed by atoms with van der Waals surface area (Å²) in [5.41, 5.74) is 2.11. The van der Waals surface area contributed by atoms with Gasteiger partial charge in [0.2, 0.25) is 10.0 Å². The van der Waals surface area contributed by atoms with Crippen LogP contribution in [0.2, 0.25) is 0 Å². The van der Waals surface area contributed by atoms with Crippen molar-refractivity contribution >= 4 is 21.4 Å². The van der Waals surface area contributed by atoms with Crippen LogP contribution in [0.5, 0.6) is 5.75 Å². The van der Waals surface area contributed by atoms with Crippen molar-refractivity contribution in [3.63, 3.8) is 0 Å². The Morgan fingerprint density at radius 3 is 2.72 bits per heavy atom. The third-order valence-electron chi connectivity index (χ3n) is 4.22. The maximum atomic E-state index is 11.6. The minimum atomic E-state index is -4.05. The number of nitrogens with zero attached hydrogens (tertiary/aromatic N) is 1. The normalized spacial score (nSPS) is 16.3. The molecule has 0 spiro atoms. The summed E-state index contributed by atoms with van der Waals surface area (Å²) in [4.78, 5) is 10.1. The predicted octanol–water partition coefficient (Wildman–Crippen LogP) is 2.35. The van der Waals surface area contributed by atoms with Gasteiger partial charge in [-0.3, -0.25) is 10.1 Å². The maximum Gasteiger partial charge on any atom is 0.272 e. The van der Waals surface area contributed by atoms with Crippen LogP contribution in [0.25, 0.3) is 0 Å². The van der Waals surface area contributed by atoms with Gasteiger partial charge in [-0.15, -0.1) is 0 Å². The lowest BCUT2D eigenvalue weighted by atomic mass is 10.1. The van der Waals surface area contributed by atoms with E-state index < -0.39 is 14.9 Å². The van der Waals surface area contributed by atoms with Crippen molar-refractivity contribution in [3.8, 4) is 5.75 Å². The first-order valence-corrected chi connectivity index (χ1v) is 9.09. The molecule has 0 aromatic heterocycles.